The third-order valence-corrected chi connectivity index (χ3v) is 2.23. The van der Waals surface area contributed by atoms with Crippen LogP contribution in [0.4, 0.5) is 0 Å². The first-order chi connectivity index (χ1) is 7.02. The fraction of sp³-hybridized carbons (Fsp3) is 0.455. The molecule has 0 radical (unpaired) electrons. The molecule has 4 nitrogen and oxygen atoms in total. The molecule has 0 bridgehead atoms. The van der Waals surface area contributed by atoms with E-state index in [4.69, 9.17) is 9.52 Å². The minimum Gasteiger partial charge on any atom is -0.478 e. The number of rotatable bonds is 4. The van der Waals surface area contributed by atoms with Gasteiger partial charge in [0.2, 0.25) is 0 Å². The summed E-state index contributed by atoms with van der Waals surface area (Å²) in [4.78, 5) is 21.8. The van der Waals surface area contributed by atoms with Crippen molar-refractivity contribution in [1.29, 1.82) is 0 Å². The lowest BCUT2D eigenvalue weighted by Crippen LogP contribution is -2.04. The molecular weight excluding hydrogens is 196 g/mol. The van der Waals surface area contributed by atoms with E-state index in [1.54, 1.807) is 0 Å². The van der Waals surface area contributed by atoms with Crippen LogP contribution in [0.5, 0.6) is 0 Å². The van der Waals surface area contributed by atoms with E-state index in [1.165, 1.54) is 0 Å². The Balaban J connectivity index is 3.46. The second-order valence-corrected chi connectivity index (χ2v) is 3.61. The van der Waals surface area contributed by atoms with Crippen molar-refractivity contribution in [2.45, 2.75) is 33.1 Å². The van der Waals surface area contributed by atoms with Crippen molar-refractivity contribution < 1.29 is 19.1 Å². The number of furan rings is 1. The molecule has 0 amide bonds. The number of carboxylic acid groups (broad SMARTS) is 1. The molecule has 1 heterocycles. The van der Waals surface area contributed by atoms with Crippen molar-refractivity contribution in [3.63, 3.8) is 0 Å². The highest BCUT2D eigenvalue weighted by atomic mass is 16.4. The zero-order chi connectivity index (χ0) is 11.6. The van der Waals surface area contributed by atoms with Crippen LogP contribution in [0.15, 0.2) is 4.42 Å². The van der Waals surface area contributed by atoms with Crippen LogP contribution in [0, 0.1) is 0 Å². The van der Waals surface area contributed by atoms with Crippen molar-refractivity contribution in [3.05, 3.63) is 22.6 Å². The molecule has 0 aromatic carbocycles. The molecule has 1 aromatic rings. The van der Waals surface area contributed by atoms with Gasteiger partial charge < -0.3 is 9.52 Å². The average Bonchev–Trinajstić information content (AvgIpc) is 2.55. The predicted molar refractivity (Wildman–Crippen MR) is 54.5 cm³/mol. The van der Waals surface area contributed by atoms with Crippen LogP contribution in [0.3, 0.4) is 0 Å². The fourth-order valence-corrected chi connectivity index (χ4v) is 1.53. The van der Waals surface area contributed by atoms with Crippen LogP contribution in [0.25, 0.3) is 0 Å². The molecule has 1 aromatic heterocycles. The fourth-order valence-electron chi connectivity index (χ4n) is 1.53. The van der Waals surface area contributed by atoms with Gasteiger partial charge in [-0.2, -0.15) is 0 Å². The number of aldehydes is 1. The van der Waals surface area contributed by atoms with Crippen LogP contribution in [0.1, 0.15) is 58.9 Å². The Morgan fingerprint density at radius 2 is 2.13 bits per heavy atom. The van der Waals surface area contributed by atoms with E-state index in [1.807, 2.05) is 20.8 Å². The monoisotopic (exact) mass is 210 g/mol. The van der Waals surface area contributed by atoms with Gasteiger partial charge in [-0.1, -0.05) is 20.8 Å². The van der Waals surface area contributed by atoms with Gasteiger partial charge in [0.25, 0.3) is 0 Å². The number of hydrogen-bond donors (Lipinski definition) is 1. The molecule has 82 valence electrons. The number of carbonyl (C=O) groups excluding carboxylic acids is 1. The van der Waals surface area contributed by atoms with E-state index in [-0.39, 0.29) is 17.0 Å². The third-order valence-electron chi connectivity index (χ3n) is 2.23. The number of hydrogen-bond acceptors (Lipinski definition) is 3. The molecule has 0 atom stereocenters. The second-order valence-electron chi connectivity index (χ2n) is 3.61. The standard InChI is InChI=1S/C11H14O4/c1-4-8-7(5-12)9(11(13)14)10(15-8)6(2)3/h5-6H,4H2,1-3H3,(H,13,14). The topological polar surface area (TPSA) is 67.5 Å². The lowest BCUT2D eigenvalue weighted by atomic mass is 10.0. The molecule has 0 saturated carbocycles. The van der Waals surface area contributed by atoms with Gasteiger partial charge in [0.15, 0.2) is 6.29 Å². The summed E-state index contributed by atoms with van der Waals surface area (Å²) in [6.45, 7) is 5.49. The summed E-state index contributed by atoms with van der Waals surface area (Å²) in [5.74, 6) is -0.327. The Bertz CT molecular complexity index is 388. The summed E-state index contributed by atoms with van der Waals surface area (Å²) >= 11 is 0. The Morgan fingerprint density at radius 1 is 1.53 bits per heavy atom. The van der Waals surface area contributed by atoms with Crippen molar-refractivity contribution in [1.82, 2.24) is 0 Å². The summed E-state index contributed by atoms with van der Waals surface area (Å²) in [6.07, 6.45) is 1.07. The normalized spacial score (nSPS) is 10.7. The average molecular weight is 210 g/mol. The minimum absolute atomic E-state index is 0.0110. The maximum Gasteiger partial charge on any atom is 0.340 e. The smallest absolute Gasteiger partial charge is 0.340 e. The van der Waals surface area contributed by atoms with Crippen LogP contribution in [-0.2, 0) is 6.42 Å². The van der Waals surface area contributed by atoms with Gasteiger partial charge >= 0.3 is 5.97 Å². The maximum absolute atomic E-state index is 11.0. The number of carboxylic acids is 1. The van der Waals surface area contributed by atoms with Gasteiger partial charge in [0.1, 0.15) is 17.1 Å². The van der Waals surface area contributed by atoms with Crippen LogP contribution < -0.4 is 0 Å². The summed E-state index contributed by atoms with van der Waals surface area (Å²) in [7, 11) is 0. The van der Waals surface area contributed by atoms with E-state index in [9.17, 15) is 9.59 Å². The molecule has 15 heavy (non-hydrogen) atoms. The SMILES string of the molecule is CCc1oc(C(C)C)c(C(=O)O)c1C=O. The van der Waals surface area contributed by atoms with E-state index in [0.717, 1.165) is 0 Å². The molecule has 0 aliphatic heterocycles. The maximum atomic E-state index is 11.0. The quantitative estimate of drug-likeness (QED) is 0.775. The predicted octanol–water partition coefficient (Wildman–Crippen LogP) is 2.48. The highest BCUT2D eigenvalue weighted by molar-refractivity contribution is 5.99. The minimum atomic E-state index is -1.11. The van der Waals surface area contributed by atoms with Crippen molar-refractivity contribution in [2.24, 2.45) is 0 Å². The molecule has 0 saturated heterocycles. The molecule has 1 N–H and O–H groups in total. The van der Waals surface area contributed by atoms with Crippen molar-refractivity contribution >= 4 is 12.3 Å². The number of aromatic carboxylic acids is 1. The number of carbonyl (C=O) groups is 2. The van der Waals surface area contributed by atoms with Gasteiger partial charge in [0, 0.05) is 12.3 Å². The van der Waals surface area contributed by atoms with Gasteiger partial charge in [-0.25, -0.2) is 4.79 Å². The van der Waals surface area contributed by atoms with E-state index in [2.05, 4.69) is 0 Å². The summed E-state index contributed by atoms with van der Waals surface area (Å²) in [5, 5.41) is 9.02. The molecule has 0 aliphatic rings. The van der Waals surface area contributed by atoms with Gasteiger partial charge in [-0.15, -0.1) is 0 Å². The zero-order valence-electron chi connectivity index (χ0n) is 9.03. The molecule has 0 unspecified atom stereocenters. The molecule has 4 heteroatoms. The first kappa shape index (κ1) is 11.5. The van der Waals surface area contributed by atoms with Crippen molar-refractivity contribution in [3.8, 4) is 0 Å². The molecule has 0 spiro atoms. The first-order valence-corrected chi connectivity index (χ1v) is 4.86. The lowest BCUT2D eigenvalue weighted by molar-refractivity contribution is 0.0691. The zero-order valence-corrected chi connectivity index (χ0v) is 9.03. The first-order valence-electron chi connectivity index (χ1n) is 4.86. The van der Waals surface area contributed by atoms with Crippen molar-refractivity contribution in [2.75, 3.05) is 0 Å². The second kappa shape index (κ2) is 4.29. The van der Waals surface area contributed by atoms with Crippen LogP contribution in [0.2, 0.25) is 0 Å². The van der Waals surface area contributed by atoms with E-state index < -0.39 is 5.97 Å². The van der Waals surface area contributed by atoms with Crippen LogP contribution >= 0.6 is 0 Å². The lowest BCUT2D eigenvalue weighted by Gasteiger charge is -2.01. The van der Waals surface area contributed by atoms with Crippen LogP contribution in [-0.4, -0.2) is 17.4 Å². The van der Waals surface area contributed by atoms with Gasteiger partial charge in [-0.05, 0) is 0 Å². The highest BCUT2D eigenvalue weighted by Crippen LogP contribution is 2.28. The van der Waals surface area contributed by atoms with E-state index >= 15 is 0 Å². The Hall–Kier alpha value is -1.58. The summed E-state index contributed by atoms with van der Waals surface area (Å²) < 4.78 is 5.40. The third kappa shape index (κ3) is 1.93. The van der Waals surface area contributed by atoms with E-state index in [0.29, 0.717) is 24.2 Å². The Morgan fingerprint density at radius 3 is 2.47 bits per heavy atom. The Labute approximate surface area is 87.9 Å². The number of aryl methyl sites for hydroxylation is 1. The summed E-state index contributed by atoms with van der Waals surface area (Å²) in [5.41, 5.74) is 0.186. The highest BCUT2D eigenvalue weighted by Gasteiger charge is 2.25. The van der Waals surface area contributed by atoms with Gasteiger partial charge in [-0.3, -0.25) is 4.79 Å². The molecule has 0 aliphatic carbocycles. The van der Waals surface area contributed by atoms with Gasteiger partial charge in [0.05, 0.1) is 5.56 Å². The molecule has 1 rings (SSSR count). The largest absolute Gasteiger partial charge is 0.478 e. The Kier molecular flexibility index (Phi) is 3.29. The summed E-state index contributed by atoms with van der Waals surface area (Å²) in [6, 6.07) is 0. The molecule has 0 fully saturated rings. The molecular formula is C11H14O4.